The molecule has 1 fully saturated rings. The lowest BCUT2D eigenvalue weighted by Gasteiger charge is -2.22. The number of halogens is 2. The Bertz CT molecular complexity index is 825. The molecule has 0 saturated carbocycles. The summed E-state index contributed by atoms with van der Waals surface area (Å²) in [6.07, 6.45) is -2.09. The van der Waals surface area contributed by atoms with Gasteiger partial charge >= 0.3 is 12.3 Å². The highest BCUT2D eigenvalue weighted by atomic mass is 19.3. The number of aromatic amines is 1. The molecule has 1 atom stereocenters. The highest BCUT2D eigenvalue weighted by molar-refractivity contribution is 5.90. The molecule has 2 aliphatic heterocycles. The molecule has 2 aromatic rings. The minimum atomic E-state index is -3.69. The summed E-state index contributed by atoms with van der Waals surface area (Å²) in [7, 11) is 0. The van der Waals surface area contributed by atoms with Gasteiger partial charge in [0, 0.05) is 18.3 Å². The van der Waals surface area contributed by atoms with Gasteiger partial charge in [0.05, 0.1) is 6.04 Å². The van der Waals surface area contributed by atoms with Crippen molar-refractivity contribution in [1.29, 1.82) is 0 Å². The van der Waals surface area contributed by atoms with Crippen molar-refractivity contribution in [2.45, 2.75) is 32.1 Å². The van der Waals surface area contributed by atoms with Crippen molar-refractivity contribution in [3.8, 4) is 11.5 Å². The first-order valence-corrected chi connectivity index (χ1v) is 7.78. The quantitative estimate of drug-likeness (QED) is 0.868. The molecular weight excluding hydrogens is 336 g/mol. The van der Waals surface area contributed by atoms with Gasteiger partial charge < -0.3 is 19.7 Å². The normalized spacial score (nSPS) is 20.8. The minimum Gasteiger partial charge on any atom is -0.395 e. The van der Waals surface area contributed by atoms with Crippen LogP contribution in [0.15, 0.2) is 18.2 Å². The van der Waals surface area contributed by atoms with E-state index in [-0.39, 0.29) is 23.6 Å². The molecule has 132 valence electrons. The fourth-order valence-electron chi connectivity index (χ4n) is 3.01. The molecule has 4 rings (SSSR count). The molecule has 2 N–H and O–H groups in total. The molecule has 3 heterocycles. The van der Waals surface area contributed by atoms with E-state index in [0.29, 0.717) is 23.9 Å². The molecule has 0 aliphatic carbocycles. The molecule has 1 aromatic heterocycles. The van der Waals surface area contributed by atoms with Crippen LogP contribution >= 0.6 is 0 Å². The SMILES string of the molecule is Cc1nc([C@@H]2CCCN2C(=O)Nc2ccc3c(c2)OC(F)(F)O3)n[nH]1. The molecule has 10 heteroatoms. The van der Waals surface area contributed by atoms with E-state index in [9.17, 15) is 13.6 Å². The van der Waals surface area contributed by atoms with E-state index in [0.717, 1.165) is 12.8 Å². The fourth-order valence-corrected chi connectivity index (χ4v) is 3.01. The Kier molecular flexibility index (Phi) is 3.48. The number of alkyl halides is 2. The minimum absolute atomic E-state index is 0.0711. The summed E-state index contributed by atoms with van der Waals surface area (Å²) in [5.74, 6) is 1.05. The number of rotatable bonds is 2. The Morgan fingerprint density at radius 2 is 2.20 bits per heavy atom. The van der Waals surface area contributed by atoms with E-state index in [4.69, 9.17) is 0 Å². The maximum Gasteiger partial charge on any atom is 0.586 e. The molecule has 2 amide bonds. The number of carbonyl (C=O) groups excluding carboxylic acids is 1. The second kappa shape index (κ2) is 5.57. The molecule has 0 radical (unpaired) electrons. The first-order chi connectivity index (χ1) is 11.9. The van der Waals surface area contributed by atoms with Crippen molar-refractivity contribution in [3.05, 3.63) is 29.8 Å². The summed E-state index contributed by atoms with van der Waals surface area (Å²) >= 11 is 0. The van der Waals surface area contributed by atoms with Gasteiger partial charge in [0.2, 0.25) is 0 Å². The molecule has 1 saturated heterocycles. The highest BCUT2D eigenvalue weighted by Gasteiger charge is 2.43. The number of ether oxygens (including phenoxy) is 2. The van der Waals surface area contributed by atoms with E-state index in [2.05, 4.69) is 30.0 Å². The number of fused-ring (bicyclic) bond motifs is 1. The topological polar surface area (TPSA) is 92.4 Å². The third-order valence-corrected chi connectivity index (χ3v) is 4.08. The van der Waals surface area contributed by atoms with Crippen LogP contribution in [0.5, 0.6) is 11.5 Å². The van der Waals surface area contributed by atoms with E-state index >= 15 is 0 Å². The monoisotopic (exact) mass is 351 g/mol. The van der Waals surface area contributed by atoms with Gasteiger partial charge in [0.15, 0.2) is 17.3 Å². The fraction of sp³-hybridized carbons (Fsp3) is 0.400. The number of aromatic nitrogens is 3. The molecular formula is C15H15F2N5O3. The summed E-state index contributed by atoms with van der Waals surface area (Å²) in [5, 5.41) is 9.58. The predicted molar refractivity (Wildman–Crippen MR) is 81.5 cm³/mol. The van der Waals surface area contributed by atoms with Gasteiger partial charge in [-0.3, -0.25) is 5.10 Å². The molecule has 2 aliphatic rings. The zero-order chi connectivity index (χ0) is 17.6. The van der Waals surface area contributed by atoms with Gasteiger partial charge in [0.1, 0.15) is 5.82 Å². The van der Waals surface area contributed by atoms with E-state index < -0.39 is 6.29 Å². The maximum atomic E-state index is 13.1. The lowest BCUT2D eigenvalue weighted by molar-refractivity contribution is -0.286. The molecule has 25 heavy (non-hydrogen) atoms. The van der Waals surface area contributed by atoms with E-state index in [1.807, 2.05) is 0 Å². The number of amides is 2. The van der Waals surface area contributed by atoms with Crippen LogP contribution in [0.1, 0.15) is 30.5 Å². The second-order valence-corrected chi connectivity index (χ2v) is 5.89. The number of nitrogens with one attached hydrogen (secondary N) is 2. The Morgan fingerprint density at radius 3 is 2.96 bits per heavy atom. The summed E-state index contributed by atoms with van der Waals surface area (Å²) < 4.78 is 34.8. The van der Waals surface area contributed by atoms with Crippen molar-refractivity contribution in [1.82, 2.24) is 20.1 Å². The summed E-state index contributed by atoms with van der Waals surface area (Å²) in [6.45, 7) is 2.35. The average molecular weight is 351 g/mol. The van der Waals surface area contributed by atoms with Crippen LogP contribution in [0.4, 0.5) is 19.3 Å². The number of benzene rings is 1. The number of H-pyrrole nitrogens is 1. The van der Waals surface area contributed by atoms with Gasteiger partial charge in [-0.2, -0.15) is 5.10 Å². The molecule has 1 aromatic carbocycles. The van der Waals surface area contributed by atoms with Crippen LogP contribution in [-0.2, 0) is 0 Å². The molecule has 0 bridgehead atoms. The number of carbonyl (C=O) groups is 1. The second-order valence-electron chi connectivity index (χ2n) is 5.89. The molecule has 8 nitrogen and oxygen atoms in total. The highest BCUT2D eigenvalue weighted by Crippen LogP contribution is 2.42. The van der Waals surface area contributed by atoms with Crippen molar-refractivity contribution in [3.63, 3.8) is 0 Å². The van der Waals surface area contributed by atoms with Gasteiger partial charge in [-0.05, 0) is 31.9 Å². The predicted octanol–water partition coefficient (Wildman–Crippen LogP) is 2.80. The third kappa shape index (κ3) is 2.94. The van der Waals surface area contributed by atoms with E-state index in [1.54, 1.807) is 11.8 Å². The zero-order valence-corrected chi connectivity index (χ0v) is 13.3. The molecule has 0 unspecified atom stereocenters. The van der Waals surface area contributed by atoms with Crippen molar-refractivity contribution in [2.75, 3.05) is 11.9 Å². The first kappa shape index (κ1) is 15.6. The lowest BCUT2D eigenvalue weighted by Crippen LogP contribution is -2.34. The Labute approximate surface area is 141 Å². The Morgan fingerprint density at radius 1 is 1.40 bits per heavy atom. The summed E-state index contributed by atoms with van der Waals surface area (Å²) in [5.41, 5.74) is 0.335. The van der Waals surface area contributed by atoms with Gasteiger partial charge in [-0.15, -0.1) is 8.78 Å². The van der Waals surface area contributed by atoms with Crippen LogP contribution in [-0.4, -0.2) is 39.0 Å². The van der Waals surface area contributed by atoms with Gasteiger partial charge in [0.25, 0.3) is 0 Å². The maximum absolute atomic E-state index is 13.1. The van der Waals surface area contributed by atoms with Gasteiger partial charge in [-0.25, -0.2) is 9.78 Å². The number of hydrogen-bond acceptors (Lipinski definition) is 5. The van der Waals surface area contributed by atoms with Gasteiger partial charge in [-0.1, -0.05) is 0 Å². The van der Waals surface area contributed by atoms with Crippen LogP contribution in [0.25, 0.3) is 0 Å². The number of anilines is 1. The van der Waals surface area contributed by atoms with Crippen molar-refractivity contribution in [2.24, 2.45) is 0 Å². The zero-order valence-electron chi connectivity index (χ0n) is 13.3. The van der Waals surface area contributed by atoms with Crippen LogP contribution in [0.2, 0.25) is 0 Å². The number of likely N-dealkylation sites (tertiary alicyclic amines) is 1. The summed E-state index contributed by atoms with van der Waals surface area (Å²) in [6, 6.07) is 3.53. The lowest BCUT2D eigenvalue weighted by atomic mass is 10.2. The van der Waals surface area contributed by atoms with Crippen molar-refractivity contribution >= 4 is 11.7 Å². The third-order valence-electron chi connectivity index (χ3n) is 4.08. The number of urea groups is 1. The van der Waals surface area contributed by atoms with Crippen molar-refractivity contribution < 1.29 is 23.0 Å². The Hall–Kier alpha value is -2.91. The largest absolute Gasteiger partial charge is 0.586 e. The molecule has 0 spiro atoms. The average Bonchev–Trinajstić information content (AvgIpc) is 3.23. The Balaban J connectivity index is 1.49. The van der Waals surface area contributed by atoms with Crippen LogP contribution in [0.3, 0.4) is 0 Å². The summed E-state index contributed by atoms with van der Waals surface area (Å²) in [4.78, 5) is 18.5. The number of hydrogen-bond donors (Lipinski definition) is 2. The van der Waals surface area contributed by atoms with Crippen LogP contribution in [0, 0.1) is 6.92 Å². The first-order valence-electron chi connectivity index (χ1n) is 7.78. The standard InChI is InChI=1S/C15H15F2N5O3/c1-8-18-13(21-20-8)10-3-2-6-22(10)14(23)19-9-4-5-11-12(7-9)25-15(16,17)24-11/h4-5,7,10H,2-3,6H2,1H3,(H,19,23)(H,18,20,21)/t10-/m0/s1. The number of nitrogens with zero attached hydrogens (tertiary/aromatic N) is 3. The number of aryl methyl sites for hydroxylation is 1. The smallest absolute Gasteiger partial charge is 0.395 e. The van der Waals surface area contributed by atoms with E-state index in [1.165, 1.54) is 18.2 Å². The van der Waals surface area contributed by atoms with Crippen LogP contribution < -0.4 is 14.8 Å².